The second kappa shape index (κ2) is 6.99. The van der Waals surface area contributed by atoms with Gasteiger partial charge in [-0.25, -0.2) is 0 Å². The Morgan fingerprint density at radius 1 is 1.26 bits per heavy atom. The van der Waals surface area contributed by atoms with E-state index in [9.17, 15) is 8.42 Å². The zero-order valence-corrected chi connectivity index (χ0v) is 12.5. The molecule has 2 fully saturated rings. The highest BCUT2D eigenvalue weighted by atomic mass is 32.2. The monoisotopic (exact) mass is 291 g/mol. The molecule has 0 aromatic carbocycles. The summed E-state index contributed by atoms with van der Waals surface area (Å²) in [6.07, 6.45) is 4.10. The quantitative estimate of drug-likeness (QED) is 0.794. The van der Waals surface area contributed by atoms with Crippen molar-refractivity contribution >= 4 is 10.2 Å². The summed E-state index contributed by atoms with van der Waals surface area (Å²) < 4.78 is 33.6. The first-order valence-electron chi connectivity index (χ1n) is 7.14. The van der Waals surface area contributed by atoms with Gasteiger partial charge in [-0.1, -0.05) is 0 Å². The maximum atomic E-state index is 12.5. The van der Waals surface area contributed by atoms with Gasteiger partial charge in [-0.3, -0.25) is 0 Å². The zero-order valence-electron chi connectivity index (χ0n) is 11.7. The fourth-order valence-corrected chi connectivity index (χ4v) is 4.01. The van der Waals surface area contributed by atoms with Crippen LogP contribution in [0.4, 0.5) is 0 Å². The Morgan fingerprint density at radius 3 is 2.84 bits per heavy atom. The number of hydrogen-bond donors (Lipinski definition) is 1. The van der Waals surface area contributed by atoms with Crippen molar-refractivity contribution in [1.82, 2.24) is 13.9 Å². The van der Waals surface area contributed by atoms with E-state index in [0.717, 1.165) is 45.4 Å². The van der Waals surface area contributed by atoms with E-state index >= 15 is 0 Å². The van der Waals surface area contributed by atoms with Crippen LogP contribution < -0.4 is 5.32 Å². The predicted octanol–water partition coefficient (Wildman–Crippen LogP) is 0.0274. The Bertz CT molecular complexity index is 360. The molecule has 6 nitrogen and oxygen atoms in total. The zero-order chi connectivity index (χ0) is 13.7. The molecule has 2 heterocycles. The van der Waals surface area contributed by atoms with E-state index in [1.165, 1.54) is 4.31 Å². The lowest BCUT2D eigenvalue weighted by molar-refractivity contribution is 0.00798. The maximum Gasteiger partial charge on any atom is 0.281 e. The Balaban J connectivity index is 1.92. The molecule has 2 aliphatic rings. The van der Waals surface area contributed by atoms with E-state index in [4.69, 9.17) is 4.74 Å². The van der Waals surface area contributed by atoms with Crippen molar-refractivity contribution in [3.63, 3.8) is 0 Å². The van der Waals surface area contributed by atoms with Crippen molar-refractivity contribution in [2.45, 2.75) is 31.8 Å². The van der Waals surface area contributed by atoms with Gasteiger partial charge < -0.3 is 10.1 Å². The minimum absolute atomic E-state index is 0.0543. The van der Waals surface area contributed by atoms with Crippen molar-refractivity contribution in [3.8, 4) is 0 Å². The molecule has 0 aliphatic carbocycles. The van der Waals surface area contributed by atoms with Gasteiger partial charge in [0.05, 0.1) is 6.10 Å². The van der Waals surface area contributed by atoms with Gasteiger partial charge in [-0.05, 0) is 32.2 Å². The molecule has 0 saturated carbocycles. The lowest BCUT2D eigenvalue weighted by Crippen LogP contribution is -2.46. The van der Waals surface area contributed by atoms with Crippen LogP contribution >= 0.6 is 0 Å². The third-order valence-corrected chi connectivity index (χ3v) is 5.71. The molecule has 0 radical (unpaired) electrons. The van der Waals surface area contributed by atoms with Crippen LogP contribution in [0.3, 0.4) is 0 Å². The number of hydrogen-bond acceptors (Lipinski definition) is 4. The summed E-state index contributed by atoms with van der Waals surface area (Å²) in [6, 6.07) is 0. The van der Waals surface area contributed by atoms with Gasteiger partial charge in [-0.15, -0.1) is 0 Å². The molecule has 2 rings (SSSR count). The lowest BCUT2D eigenvalue weighted by atomic mass is 10.1. The predicted molar refractivity (Wildman–Crippen MR) is 74.2 cm³/mol. The Kier molecular flexibility index (Phi) is 5.58. The fraction of sp³-hybridized carbons (Fsp3) is 1.00. The molecule has 0 bridgehead atoms. The van der Waals surface area contributed by atoms with Crippen molar-refractivity contribution < 1.29 is 13.2 Å². The average Bonchev–Trinajstić information content (AvgIpc) is 2.69. The number of likely N-dealkylation sites (N-methyl/N-ethyl adjacent to an activating group) is 1. The summed E-state index contributed by atoms with van der Waals surface area (Å²) in [6.45, 7) is 4.00. The first-order chi connectivity index (χ1) is 9.10. The Morgan fingerprint density at radius 2 is 2.11 bits per heavy atom. The van der Waals surface area contributed by atoms with Crippen LogP contribution in [-0.2, 0) is 14.9 Å². The molecule has 7 heteroatoms. The lowest BCUT2D eigenvalue weighted by Gasteiger charge is -2.30. The van der Waals surface area contributed by atoms with E-state index in [0.29, 0.717) is 19.6 Å². The molecule has 19 heavy (non-hydrogen) atoms. The molecular formula is C12H25N3O3S. The van der Waals surface area contributed by atoms with Crippen molar-refractivity contribution in [3.05, 3.63) is 0 Å². The smallest absolute Gasteiger partial charge is 0.281 e. The molecule has 2 aliphatic heterocycles. The summed E-state index contributed by atoms with van der Waals surface area (Å²) >= 11 is 0. The van der Waals surface area contributed by atoms with E-state index in [1.807, 2.05) is 0 Å². The van der Waals surface area contributed by atoms with E-state index in [-0.39, 0.29) is 6.10 Å². The molecule has 1 N–H and O–H groups in total. The first kappa shape index (κ1) is 15.2. The van der Waals surface area contributed by atoms with Crippen molar-refractivity contribution in [2.24, 2.45) is 0 Å². The molecule has 112 valence electrons. The number of ether oxygens (including phenoxy) is 1. The molecular weight excluding hydrogens is 266 g/mol. The van der Waals surface area contributed by atoms with Crippen LogP contribution in [0, 0.1) is 0 Å². The van der Waals surface area contributed by atoms with Crippen LogP contribution in [0.1, 0.15) is 25.7 Å². The summed E-state index contributed by atoms with van der Waals surface area (Å²) in [5, 5.41) is 3.22. The van der Waals surface area contributed by atoms with Gasteiger partial charge in [-0.2, -0.15) is 17.0 Å². The molecule has 0 aromatic rings. The van der Waals surface area contributed by atoms with Gasteiger partial charge in [0.25, 0.3) is 10.2 Å². The molecule has 0 aromatic heterocycles. The number of nitrogens with zero attached hydrogens (tertiary/aromatic N) is 2. The number of rotatable bonds is 4. The average molecular weight is 291 g/mol. The van der Waals surface area contributed by atoms with Crippen molar-refractivity contribution in [2.75, 3.05) is 46.4 Å². The molecule has 1 unspecified atom stereocenters. The third-order valence-electron chi connectivity index (χ3n) is 3.75. The highest BCUT2D eigenvalue weighted by molar-refractivity contribution is 7.86. The highest BCUT2D eigenvalue weighted by Gasteiger charge is 2.29. The van der Waals surface area contributed by atoms with Crippen LogP contribution in [-0.4, -0.2) is 69.5 Å². The first-order valence-corrected chi connectivity index (χ1v) is 8.54. The third kappa shape index (κ3) is 4.13. The molecule has 2 saturated heterocycles. The van der Waals surface area contributed by atoms with Gasteiger partial charge >= 0.3 is 0 Å². The van der Waals surface area contributed by atoms with Crippen LogP contribution in [0.5, 0.6) is 0 Å². The maximum absolute atomic E-state index is 12.5. The fourth-order valence-electron chi connectivity index (χ4n) is 2.58. The second-order valence-corrected chi connectivity index (χ2v) is 7.31. The summed E-state index contributed by atoms with van der Waals surface area (Å²) in [4.78, 5) is 0. The molecule has 0 amide bonds. The van der Waals surface area contributed by atoms with E-state index < -0.39 is 10.2 Å². The van der Waals surface area contributed by atoms with Crippen molar-refractivity contribution in [1.29, 1.82) is 0 Å². The van der Waals surface area contributed by atoms with E-state index in [2.05, 4.69) is 5.32 Å². The van der Waals surface area contributed by atoms with E-state index in [1.54, 1.807) is 11.4 Å². The molecule has 1 atom stereocenters. The topological polar surface area (TPSA) is 61.9 Å². The summed E-state index contributed by atoms with van der Waals surface area (Å²) in [7, 11) is -1.68. The molecule has 0 spiro atoms. The van der Waals surface area contributed by atoms with Crippen LogP contribution in [0.2, 0.25) is 0 Å². The SMILES string of the molecule is CN(CC1CCCCO1)S(=O)(=O)N1CCCNCC1. The van der Waals surface area contributed by atoms with Gasteiger partial charge in [0, 0.05) is 39.8 Å². The summed E-state index contributed by atoms with van der Waals surface area (Å²) in [5.41, 5.74) is 0. The normalized spacial score (nSPS) is 27.4. The minimum Gasteiger partial charge on any atom is -0.377 e. The van der Waals surface area contributed by atoms with Gasteiger partial charge in [0.2, 0.25) is 0 Å². The van der Waals surface area contributed by atoms with Crippen LogP contribution in [0.25, 0.3) is 0 Å². The Labute approximate surface area is 116 Å². The number of nitrogens with one attached hydrogen (secondary N) is 1. The highest BCUT2D eigenvalue weighted by Crippen LogP contribution is 2.16. The standard InChI is InChI=1S/C12H25N3O3S/c1-14(11-12-5-2-3-10-18-12)19(16,17)15-8-4-6-13-7-9-15/h12-13H,2-11H2,1H3. The van der Waals surface area contributed by atoms with Gasteiger partial charge in [0.15, 0.2) is 0 Å². The van der Waals surface area contributed by atoms with Crippen LogP contribution in [0.15, 0.2) is 0 Å². The Hall–Kier alpha value is -0.210. The summed E-state index contributed by atoms with van der Waals surface area (Å²) in [5.74, 6) is 0. The minimum atomic E-state index is -3.34. The largest absolute Gasteiger partial charge is 0.377 e. The van der Waals surface area contributed by atoms with Gasteiger partial charge in [0.1, 0.15) is 0 Å². The second-order valence-electron chi connectivity index (χ2n) is 5.28.